The van der Waals surface area contributed by atoms with E-state index in [2.05, 4.69) is 0 Å². The number of thioether (sulfide) groups is 1. The van der Waals surface area contributed by atoms with Gasteiger partial charge in [-0.05, 0) is 17.1 Å². The summed E-state index contributed by atoms with van der Waals surface area (Å²) in [5.41, 5.74) is 2.33. The highest BCUT2D eigenvalue weighted by Gasteiger charge is 2.26. The summed E-state index contributed by atoms with van der Waals surface area (Å²) >= 11 is 1.36. The van der Waals surface area contributed by atoms with Crippen LogP contribution in [0.15, 0.2) is 23.1 Å². The first-order valence-electron chi connectivity index (χ1n) is 4.76. The van der Waals surface area contributed by atoms with Gasteiger partial charge in [-0.3, -0.25) is 4.79 Å². The van der Waals surface area contributed by atoms with Crippen molar-refractivity contribution in [1.82, 2.24) is 0 Å². The van der Waals surface area contributed by atoms with Gasteiger partial charge in [0.1, 0.15) is 0 Å². The summed E-state index contributed by atoms with van der Waals surface area (Å²) in [6.07, 6.45) is 0. The first kappa shape index (κ1) is 10.6. The lowest BCUT2D eigenvalue weighted by Gasteiger charge is -2.07. The van der Waals surface area contributed by atoms with Crippen LogP contribution in [0, 0.1) is 0 Å². The van der Waals surface area contributed by atoms with Crippen LogP contribution in [0.1, 0.15) is 5.56 Å². The molecule has 0 spiro atoms. The molecule has 1 heterocycles. The van der Waals surface area contributed by atoms with E-state index in [4.69, 9.17) is 9.76 Å². The zero-order valence-electron chi connectivity index (χ0n) is 8.40. The van der Waals surface area contributed by atoms with Crippen LogP contribution in [0.2, 0.25) is 6.82 Å². The maximum atomic E-state index is 10.5. The molecule has 0 aromatic heterocycles. The van der Waals surface area contributed by atoms with Crippen LogP contribution in [0.3, 0.4) is 0 Å². The second kappa shape index (κ2) is 4.29. The zero-order valence-corrected chi connectivity index (χ0v) is 9.21. The van der Waals surface area contributed by atoms with Crippen molar-refractivity contribution in [1.29, 1.82) is 0 Å². The minimum atomic E-state index is -0.788. The van der Waals surface area contributed by atoms with E-state index >= 15 is 0 Å². The molecular formula is C10H11BO3S. The molecule has 0 amide bonds. The summed E-state index contributed by atoms with van der Waals surface area (Å²) < 4.78 is 5.51. The third kappa shape index (κ3) is 2.18. The van der Waals surface area contributed by atoms with Crippen LogP contribution in [0.5, 0.6) is 0 Å². The normalized spacial score (nSPS) is 14.1. The Morgan fingerprint density at radius 3 is 3.20 bits per heavy atom. The SMILES string of the molecule is CB1OCc2cccc(SCC(=O)O)c21. The molecule has 0 radical (unpaired) electrons. The molecule has 78 valence electrons. The summed E-state index contributed by atoms with van der Waals surface area (Å²) in [5, 5.41) is 8.64. The first-order valence-corrected chi connectivity index (χ1v) is 5.75. The van der Waals surface area contributed by atoms with Crippen LogP contribution >= 0.6 is 11.8 Å². The van der Waals surface area contributed by atoms with Crippen LogP contribution < -0.4 is 5.46 Å². The predicted octanol–water partition coefficient (Wildman–Crippen LogP) is 1.22. The van der Waals surface area contributed by atoms with Crippen LogP contribution in [0.25, 0.3) is 0 Å². The largest absolute Gasteiger partial charge is 0.481 e. The highest BCUT2D eigenvalue weighted by Crippen LogP contribution is 2.22. The Hall–Kier alpha value is -0.935. The maximum absolute atomic E-state index is 10.5. The van der Waals surface area contributed by atoms with E-state index in [1.165, 1.54) is 17.3 Å². The fourth-order valence-corrected chi connectivity index (χ4v) is 2.65. The molecule has 1 N–H and O–H groups in total. The van der Waals surface area contributed by atoms with E-state index in [1.54, 1.807) is 0 Å². The Balaban J connectivity index is 2.24. The zero-order chi connectivity index (χ0) is 10.8. The molecule has 5 heteroatoms. The van der Waals surface area contributed by atoms with Gasteiger partial charge in [-0.15, -0.1) is 11.8 Å². The van der Waals surface area contributed by atoms with Gasteiger partial charge >= 0.3 is 12.9 Å². The van der Waals surface area contributed by atoms with Gasteiger partial charge in [0.05, 0.1) is 12.4 Å². The fourth-order valence-electron chi connectivity index (χ4n) is 1.74. The molecule has 0 saturated carbocycles. The van der Waals surface area contributed by atoms with Gasteiger partial charge in [0, 0.05) is 4.90 Å². The number of aliphatic carboxylic acids is 1. The molecule has 0 bridgehead atoms. The third-order valence-electron chi connectivity index (χ3n) is 2.40. The summed E-state index contributed by atoms with van der Waals surface area (Å²) in [4.78, 5) is 11.5. The Morgan fingerprint density at radius 2 is 2.47 bits per heavy atom. The van der Waals surface area contributed by atoms with Crippen molar-refractivity contribution in [2.24, 2.45) is 0 Å². The number of hydrogen-bond donors (Lipinski definition) is 1. The lowest BCUT2D eigenvalue weighted by molar-refractivity contribution is -0.133. The van der Waals surface area contributed by atoms with Crippen molar-refractivity contribution in [3.05, 3.63) is 23.8 Å². The van der Waals surface area contributed by atoms with Gasteiger partial charge in [-0.25, -0.2) is 0 Å². The monoisotopic (exact) mass is 222 g/mol. The molecule has 0 fully saturated rings. The molecule has 2 rings (SSSR count). The molecule has 0 aliphatic carbocycles. The number of benzene rings is 1. The lowest BCUT2D eigenvalue weighted by atomic mass is 9.64. The quantitative estimate of drug-likeness (QED) is 0.617. The summed E-state index contributed by atoms with van der Waals surface area (Å²) in [7, 11) is 0. The Morgan fingerprint density at radius 1 is 1.67 bits per heavy atom. The lowest BCUT2D eigenvalue weighted by Crippen LogP contribution is -2.26. The first-order chi connectivity index (χ1) is 7.18. The summed E-state index contributed by atoms with van der Waals surface area (Å²) in [6, 6.07) is 5.94. The maximum Gasteiger partial charge on any atom is 0.325 e. The van der Waals surface area contributed by atoms with Crippen molar-refractivity contribution in [2.75, 3.05) is 5.75 Å². The van der Waals surface area contributed by atoms with E-state index in [9.17, 15) is 4.79 Å². The number of carboxylic acids is 1. The van der Waals surface area contributed by atoms with E-state index < -0.39 is 5.97 Å². The molecule has 1 aromatic carbocycles. The second-order valence-electron chi connectivity index (χ2n) is 3.46. The molecule has 1 aromatic rings. The third-order valence-corrected chi connectivity index (χ3v) is 3.46. The van der Waals surface area contributed by atoms with Crippen LogP contribution in [-0.4, -0.2) is 23.7 Å². The van der Waals surface area contributed by atoms with E-state index in [-0.39, 0.29) is 12.7 Å². The number of hydrogen-bond acceptors (Lipinski definition) is 3. The number of fused-ring (bicyclic) bond motifs is 1. The Labute approximate surface area is 92.9 Å². The summed E-state index contributed by atoms with van der Waals surface area (Å²) in [6.45, 7) is 2.71. The highest BCUT2D eigenvalue weighted by molar-refractivity contribution is 8.00. The van der Waals surface area contributed by atoms with Crippen molar-refractivity contribution in [2.45, 2.75) is 18.3 Å². The molecule has 3 nitrogen and oxygen atoms in total. The highest BCUT2D eigenvalue weighted by atomic mass is 32.2. The van der Waals surface area contributed by atoms with Crippen LogP contribution in [0.4, 0.5) is 0 Å². The van der Waals surface area contributed by atoms with Gasteiger partial charge in [-0.2, -0.15) is 0 Å². The second-order valence-corrected chi connectivity index (χ2v) is 4.48. The predicted molar refractivity (Wildman–Crippen MR) is 60.8 cm³/mol. The standard InChI is InChI=1S/C10H11BO3S/c1-11-10-7(5-14-11)3-2-4-8(10)15-6-9(12)13/h2-4H,5-6H2,1H3,(H,12,13). The Bertz CT molecular complexity index is 394. The van der Waals surface area contributed by atoms with Crippen molar-refractivity contribution >= 4 is 30.1 Å². The average Bonchev–Trinajstić information content (AvgIpc) is 2.58. The molecule has 1 aliphatic heterocycles. The molecule has 15 heavy (non-hydrogen) atoms. The molecular weight excluding hydrogens is 211 g/mol. The molecule has 0 unspecified atom stereocenters. The molecule has 0 atom stereocenters. The summed E-state index contributed by atoms with van der Waals surface area (Å²) in [5.74, 6) is -0.687. The smallest absolute Gasteiger partial charge is 0.325 e. The van der Waals surface area contributed by atoms with E-state index in [0.717, 1.165) is 10.4 Å². The van der Waals surface area contributed by atoms with Gasteiger partial charge in [-0.1, -0.05) is 19.0 Å². The van der Waals surface area contributed by atoms with Crippen molar-refractivity contribution in [3.63, 3.8) is 0 Å². The number of carboxylic acid groups (broad SMARTS) is 1. The minimum absolute atomic E-state index is 0.0810. The van der Waals surface area contributed by atoms with Crippen molar-refractivity contribution < 1.29 is 14.6 Å². The topological polar surface area (TPSA) is 46.5 Å². The molecule has 0 saturated heterocycles. The average molecular weight is 222 g/mol. The van der Waals surface area contributed by atoms with Gasteiger partial charge in [0.2, 0.25) is 0 Å². The van der Waals surface area contributed by atoms with E-state index in [0.29, 0.717) is 6.61 Å². The van der Waals surface area contributed by atoms with Crippen LogP contribution in [-0.2, 0) is 16.1 Å². The fraction of sp³-hybridized carbons (Fsp3) is 0.300. The Kier molecular flexibility index (Phi) is 3.02. The molecule has 1 aliphatic rings. The van der Waals surface area contributed by atoms with Gasteiger partial charge < -0.3 is 9.76 Å². The van der Waals surface area contributed by atoms with Gasteiger partial charge in [0.25, 0.3) is 0 Å². The van der Waals surface area contributed by atoms with E-state index in [1.807, 2.05) is 25.0 Å². The minimum Gasteiger partial charge on any atom is -0.481 e. The van der Waals surface area contributed by atoms with Crippen molar-refractivity contribution in [3.8, 4) is 0 Å². The van der Waals surface area contributed by atoms with Gasteiger partial charge in [0.15, 0.2) is 0 Å². The number of carbonyl (C=O) groups is 1. The number of rotatable bonds is 3.